The molecule has 2 nitrogen and oxygen atoms in total. The Kier molecular flexibility index (Phi) is 5.92. The molecule has 0 saturated heterocycles. The highest BCUT2D eigenvalue weighted by atomic mass is 14.5. The molecule has 0 spiro atoms. The van der Waals surface area contributed by atoms with E-state index in [1.165, 1.54) is 64.0 Å². The van der Waals surface area contributed by atoms with Crippen molar-refractivity contribution in [2.45, 2.75) is 64.2 Å². The smallest absolute Gasteiger partial charge is 0.00477 e. The van der Waals surface area contributed by atoms with Crippen LogP contribution in [0.4, 0.5) is 0 Å². The Morgan fingerprint density at radius 1 is 1.07 bits per heavy atom. The first kappa shape index (κ1) is 12.7. The molecule has 3 N–H and O–H groups in total. The maximum atomic E-state index is 7.01. The number of unbranched alkanes of at least 4 members (excludes halogenated alkanes) is 2. The van der Waals surface area contributed by atoms with Crippen molar-refractivity contribution in [3.63, 3.8) is 0 Å². The molecule has 1 fully saturated rings. The second kappa shape index (κ2) is 7.00. The van der Waals surface area contributed by atoms with Gasteiger partial charge in [0.05, 0.1) is 0 Å². The lowest BCUT2D eigenvalue weighted by Crippen LogP contribution is -2.27. The SMILES string of the molecule is N=CCCCCC1(CCN)CCCCC1. The summed E-state index contributed by atoms with van der Waals surface area (Å²) < 4.78 is 0. The van der Waals surface area contributed by atoms with E-state index in [9.17, 15) is 0 Å². The minimum atomic E-state index is 0.578. The summed E-state index contributed by atoms with van der Waals surface area (Å²) in [6, 6.07) is 0. The van der Waals surface area contributed by atoms with E-state index in [0.29, 0.717) is 5.41 Å². The van der Waals surface area contributed by atoms with E-state index in [2.05, 4.69) is 0 Å². The quantitative estimate of drug-likeness (QED) is 0.490. The molecule has 88 valence electrons. The van der Waals surface area contributed by atoms with Gasteiger partial charge in [0.15, 0.2) is 0 Å². The summed E-state index contributed by atoms with van der Waals surface area (Å²) in [7, 11) is 0. The predicted molar refractivity (Wildman–Crippen MR) is 66.4 cm³/mol. The topological polar surface area (TPSA) is 49.9 Å². The molecule has 0 bridgehead atoms. The van der Waals surface area contributed by atoms with E-state index in [4.69, 9.17) is 11.1 Å². The van der Waals surface area contributed by atoms with Crippen LogP contribution in [-0.4, -0.2) is 12.8 Å². The van der Waals surface area contributed by atoms with Crippen molar-refractivity contribution in [1.29, 1.82) is 5.41 Å². The van der Waals surface area contributed by atoms with Crippen LogP contribution < -0.4 is 5.73 Å². The standard InChI is InChI=1S/C13H26N2/c14-11-6-2-5-9-13(10-12-15)7-3-1-4-8-13/h11,14H,1-10,12,15H2. The second-order valence-electron chi connectivity index (χ2n) is 5.05. The minimum Gasteiger partial charge on any atom is -0.330 e. The summed E-state index contributed by atoms with van der Waals surface area (Å²) in [5, 5.41) is 7.01. The summed E-state index contributed by atoms with van der Waals surface area (Å²) in [4.78, 5) is 0. The lowest BCUT2D eigenvalue weighted by molar-refractivity contribution is 0.156. The van der Waals surface area contributed by atoms with Gasteiger partial charge in [-0.05, 0) is 56.7 Å². The van der Waals surface area contributed by atoms with Crippen molar-refractivity contribution in [1.82, 2.24) is 0 Å². The second-order valence-corrected chi connectivity index (χ2v) is 5.05. The fourth-order valence-electron chi connectivity index (χ4n) is 2.98. The van der Waals surface area contributed by atoms with Crippen molar-refractivity contribution in [3.05, 3.63) is 0 Å². The van der Waals surface area contributed by atoms with Crippen molar-refractivity contribution in [2.75, 3.05) is 6.54 Å². The van der Waals surface area contributed by atoms with Gasteiger partial charge in [-0.3, -0.25) is 0 Å². The van der Waals surface area contributed by atoms with Crippen molar-refractivity contribution >= 4 is 6.21 Å². The number of hydrogen-bond donors (Lipinski definition) is 2. The van der Waals surface area contributed by atoms with Gasteiger partial charge >= 0.3 is 0 Å². The molecule has 0 atom stereocenters. The lowest BCUT2D eigenvalue weighted by atomic mass is 9.69. The number of hydrogen-bond acceptors (Lipinski definition) is 2. The van der Waals surface area contributed by atoms with Crippen LogP contribution >= 0.6 is 0 Å². The maximum absolute atomic E-state index is 7.01. The Balaban J connectivity index is 2.31. The van der Waals surface area contributed by atoms with Gasteiger partial charge in [0.2, 0.25) is 0 Å². The van der Waals surface area contributed by atoms with Gasteiger partial charge in [0, 0.05) is 0 Å². The minimum absolute atomic E-state index is 0.578. The van der Waals surface area contributed by atoms with Gasteiger partial charge in [-0.2, -0.15) is 0 Å². The fraction of sp³-hybridized carbons (Fsp3) is 0.923. The molecule has 1 aliphatic carbocycles. The molecule has 0 aromatic rings. The van der Waals surface area contributed by atoms with E-state index in [1.54, 1.807) is 0 Å². The zero-order valence-corrected chi connectivity index (χ0v) is 9.93. The molecule has 0 aromatic carbocycles. The highest BCUT2D eigenvalue weighted by Gasteiger charge is 2.30. The number of nitrogens with two attached hydrogens (primary N) is 1. The normalized spacial score (nSPS) is 20.1. The summed E-state index contributed by atoms with van der Waals surface area (Å²) in [6.07, 6.45) is 14.6. The predicted octanol–water partition coefficient (Wildman–Crippen LogP) is 3.50. The molecule has 1 aliphatic rings. The average molecular weight is 210 g/mol. The highest BCUT2D eigenvalue weighted by Crippen LogP contribution is 2.43. The molecule has 0 heterocycles. The summed E-state index contributed by atoms with van der Waals surface area (Å²) >= 11 is 0. The third kappa shape index (κ3) is 4.33. The Morgan fingerprint density at radius 2 is 1.80 bits per heavy atom. The van der Waals surface area contributed by atoms with Crippen LogP contribution in [0, 0.1) is 10.8 Å². The van der Waals surface area contributed by atoms with E-state index < -0.39 is 0 Å². The third-order valence-electron chi connectivity index (χ3n) is 3.89. The van der Waals surface area contributed by atoms with Crippen LogP contribution in [0.25, 0.3) is 0 Å². The van der Waals surface area contributed by atoms with Gasteiger partial charge in [-0.25, -0.2) is 0 Å². The average Bonchev–Trinajstić information content (AvgIpc) is 2.26. The monoisotopic (exact) mass is 210 g/mol. The van der Waals surface area contributed by atoms with Crippen molar-refractivity contribution in [3.8, 4) is 0 Å². The molecule has 0 unspecified atom stereocenters. The van der Waals surface area contributed by atoms with Crippen LogP contribution in [0.1, 0.15) is 64.2 Å². The molecule has 15 heavy (non-hydrogen) atoms. The third-order valence-corrected chi connectivity index (χ3v) is 3.89. The first-order valence-electron chi connectivity index (χ1n) is 6.52. The van der Waals surface area contributed by atoms with E-state index in [-0.39, 0.29) is 0 Å². The Labute approximate surface area is 94.1 Å². The molecular weight excluding hydrogens is 184 g/mol. The van der Waals surface area contributed by atoms with E-state index in [1.807, 2.05) is 0 Å². The summed E-state index contributed by atoms with van der Waals surface area (Å²) in [5.74, 6) is 0. The molecule has 1 rings (SSSR count). The highest BCUT2D eigenvalue weighted by molar-refractivity contribution is 5.52. The lowest BCUT2D eigenvalue weighted by Gasteiger charge is -2.37. The zero-order chi connectivity index (χ0) is 11.0. The van der Waals surface area contributed by atoms with Crippen LogP contribution in [-0.2, 0) is 0 Å². The summed E-state index contributed by atoms with van der Waals surface area (Å²) in [6.45, 7) is 0.852. The van der Waals surface area contributed by atoms with Crippen molar-refractivity contribution < 1.29 is 0 Å². The van der Waals surface area contributed by atoms with Crippen LogP contribution in [0.5, 0.6) is 0 Å². The molecule has 1 saturated carbocycles. The van der Waals surface area contributed by atoms with Gasteiger partial charge in [-0.1, -0.05) is 25.7 Å². The van der Waals surface area contributed by atoms with E-state index in [0.717, 1.165) is 13.0 Å². The van der Waals surface area contributed by atoms with Crippen LogP contribution in [0.2, 0.25) is 0 Å². The molecule has 0 amide bonds. The molecular formula is C13H26N2. The van der Waals surface area contributed by atoms with Crippen LogP contribution in [0.15, 0.2) is 0 Å². The largest absolute Gasteiger partial charge is 0.330 e. The Morgan fingerprint density at radius 3 is 2.40 bits per heavy atom. The van der Waals surface area contributed by atoms with Crippen LogP contribution in [0.3, 0.4) is 0 Å². The zero-order valence-electron chi connectivity index (χ0n) is 9.93. The first-order chi connectivity index (χ1) is 7.33. The molecule has 2 heteroatoms. The van der Waals surface area contributed by atoms with Gasteiger partial charge in [0.25, 0.3) is 0 Å². The number of rotatable bonds is 7. The fourth-order valence-corrected chi connectivity index (χ4v) is 2.98. The van der Waals surface area contributed by atoms with E-state index >= 15 is 0 Å². The molecule has 0 aromatic heterocycles. The molecule has 0 radical (unpaired) electrons. The number of nitrogens with one attached hydrogen (secondary N) is 1. The Bertz CT molecular complexity index is 166. The van der Waals surface area contributed by atoms with Gasteiger partial charge < -0.3 is 11.1 Å². The Hall–Kier alpha value is -0.370. The summed E-state index contributed by atoms with van der Waals surface area (Å²) in [5.41, 5.74) is 6.32. The van der Waals surface area contributed by atoms with Gasteiger partial charge in [0.1, 0.15) is 0 Å². The van der Waals surface area contributed by atoms with Crippen molar-refractivity contribution in [2.24, 2.45) is 11.1 Å². The molecule has 0 aliphatic heterocycles. The maximum Gasteiger partial charge on any atom is -0.00477 e. The van der Waals surface area contributed by atoms with Gasteiger partial charge in [-0.15, -0.1) is 0 Å². The first-order valence-corrected chi connectivity index (χ1v) is 6.52.